The van der Waals surface area contributed by atoms with E-state index in [1.54, 1.807) is 17.0 Å². The minimum Gasteiger partial charge on any atom is -0.440 e. The summed E-state index contributed by atoms with van der Waals surface area (Å²) < 4.78 is 5.16. The Morgan fingerprint density at radius 2 is 1.95 bits per heavy atom. The first kappa shape index (κ1) is 16.3. The molecule has 6 heteroatoms. The summed E-state index contributed by atoms with van der Waals surface area (Å²) in [4.78, 5) is 16.2. The predicted molar refractivity (Wildman–Crippen MR) is 81.5 cm³/mol. The fourth-order valence-electron chi connectivity index (χ4n) is 2.24. The van der Waals surface area contributed by atoms with Gasteiger partial charge >= 0.3 is 0 Å². The quantitative estimate of drug-likeness (QED) is 0.928. The summed E-state index contributed by atoms with van der Waals surface area (Å²) in [7, 11) is 0. The molecule has 1 aliphatic heterocycles. The highest BCUT2D eigenvalue weighted by atomic mass is 35.5. The van der Waals surface area contributed by atoms with Gasteiger partial charge in [0, 0.05) is 32.7 Å². The molecule has 1 fully saturated rings. The van der Waals surface area contributed by atoms with E-state index in [0.717, 1.165) is 13.1 Å². The molecule has 0 spiro atoms. The highest BCUT2D eigenvalue weighted by Crippen LogP contribution is 2.21. The van der Waals surface area contributed by atoms with E-state index in [-0.39, 0.29) is 28.4 Å². The summed E-state index contributed by atoms with van der Waals surface area (Å²) >= 11 is 5.69. The molecule has 21 heavy (non-hydrogen) atoms. The zero-order valence-corrected chi connectivity index (χ0v) is 13.6. The Morgan fingerprint density at radius 1 is 1.33 bits per heavy atom. The monoisotopic (exact) mass is 314 g/mol. The zero-order valence-electron chi connectivity index (χ0n) is 12.8. The van der Waals surface area contributed by atoms with Crippen LogP contribution in [-0.2, 0) is 0 Å². The van der Waals surface area contributed by atoms with E-state index in [4.69, 9.17) is 16.0 Å². The van der Waals surface area contributed by atoms with E-state index in [0.29, 0.717) is 19.6 Å². The lowest BCUT2D eigenvalue weighted by molar-refractivity contribution is 0.0131. The predicted octanol–water partition coefficient (Wildman–Crippen LogP) is 2.10. The van der Waals surface area contributed by atoms with Crippen LogP contribution in [0.2, 0.25) is 5.22 Å². The van der Waals surface area contributed by atoms with E-state index in [2.05, 4.69) is 4.90 Å². The number of halogens is 1. The van der Waals surface area contributed by atoms with Crippen molar-refractivity contribution in [3.05, 3.63) is 23.1 Å². The van der Waals surface area contributed by atoms with Gasteiger partial charge in [-0.05, 0) is 29.1 Å². The van der Waals surface area contributed by atoms with Crippen molar-refractivity contribution >= 4 is 17.5 Å². The van der Waals surface area contributed by atoms with Gasteiger partial charge in [-0.1, -0.05) is 20.8 Å². The second-order valence-electron chi connectivity index (χ2n) is 6.58. The Bertz CT molecular complexity index is 487. The average molecular weight is 315 g/mol. The normalized spacial score (nSPS) is 18.8. The van der Waals surface area contributed by atoms with Gasteiger partial charge in [0.15, 0.2) is 11.0 Å². The molecule has 0 radical (unpaired) electrons. The van der Waals surface area contributed by atoms with Crippen molar-refractivity contribution in [3.63, 3.8) is 0 Å². The Morgan fingerprint density at radius 3 is 2.43 bits per heavy atom. The number of hydrogen-bond acceptors (Lipinski definition) is 4. The van der Waals surface area contributed by atoms with Crippen LogP contribution in [0.5, 0.6) is 0 Å². The van der Waals surface area contributed by atoms with Gasteiger partial charge in [0.25, 0.3) is 5.91 Å². The fourth-order valence-corrected chi connectivity index (χ4v) is 2.38. The van der Waals surface area contributed by atoms with Crippen molar-refractivity contribution < 1.29 is 14.3 Å². The van der Waals surface area contributed by atoms with Gasteiger partial charge in [-0.15, -0.1) is 0 Å². The second kappa shape index (κ2) is 6.38. The van der Waals surface area contributed by atoms with Gasteiger partial charge in [-0.25, -0.2) is 0 Å². The number of aliphatic hydroxyl groups is 1. The third kappa shape index (κ3) is 4.22. The van der Waals surface area contributed by atoms with Crippen molar-refractivity contribution in [2.45, 2.75) is 26.9 Å². The largest absolute Gasteiger partial charge is 0.440 e. The average Bonchev–Trinajstić information content (AvgIpc) is 2.84. The smallest absolute Gasteiger partial charge is 0.289 e. The summed E-state index contributed by atoms with van der Waals surface area (Å²) in [5, 5.41) is 10.4. The van der Waals surface area contributed by atoms with E-state index in [1.807, 2.05) is 20.8 Å². The van der Waals surface area contributed by atoms with Crippen LogP contribution in [0.3, 0.4) is 0 Å². The molecule has 118 valence electrons. The molecule has 0 aromatic carbocycles. The molecular formula is C15H23ClN2O3. The number of carbonyl (C=O) groups excluding carboxylic acids is 1. The molecule has 5 nitrogen and oxygen atoms in total. The van der Waals surface area contributed by atoms with Gasteiger partial charge in [-0.2, -0.15) is 0 Å². The molecule has 0 aliphatic carbocycles. The van der Waals surface area contributed by atoms with Crippen molar-refractivity contribution in [2.24, 2.45) is 5.41 Å². The topological polar surface area (TPSA) is 56.9 Å². The molecule has 0 saturated carbocycles. The van der Waals surface area contributed by atoms with Crippen LogP contribution in [0.4, 0.5) is 0 Å². The van der Waals surface area contributed by atoms with Crippen LogP contribution in [-0.4, -0.2) is 59.6 Å². The number of aliphatic hydroxyl groups excluding tert-OH is 1. The lowest BCUT2D eigenvalue weighted by Gasteiger charge is -2.37. The number of amides is 1. The van der Waals surface area contributed by atoms with Crippen molar-refractivity contribution in [3.8, 4) is 0 Å². The molecule has 1 amide bonds. The molecule has 1 aromatic heterocycles. The van der Waals surface area contributed by atoms with Gasteiger partial charge in [0.05, 0.1) is 6.10 Å². The maximum atomic E-state index is 12.2. The van der Waals surface area contributed by atoms with Crippen molar-refractivity contribution in [1.82, 2.24) is 9.80 Å². The van der Waals surface area contributed by atoms with Crippen LogP contribution in [0.15, 0.2) is 16.5 Å². The molecule has 1 atom stereocenters. The van der Waals surface area contributed by atoms with Crippen molar-refractivity contribution in [2.75, 3.05) is 32.7 Å². The molecule has 0 bridgehead atoms. The van der Waals surface area contributed by atoms with E-state index >= 15 is 0 Å². The summed E-state index contributed by atoms with van der Waals surface area (Å²) in [5.74, 6) is 0.154. The third-order valence-electron chi connectivity index (χ3n) is 3.87. The number of hydrogen-bond donors (Lipinski definition) is 1. The Balaban J connectivity index is 1.84. The summed E-state index contributed by atoms with van der Waals surface area (Å²) in [6.07, 6.45) is -0.372. The number of nitrogens with zero attached hydrogens (tertiary/aromatic N) is 2. The number of β-amino-alcohol motifs (C(OH)–C–C–N with tert-alkyl or cyclic N) is 1. The number of rotatable bonds is 3. The van der Waals surface area contributed by atoms with E-state index in [1.165, 1.54) is 0 Å². The maximum absolute atomic E-state index is 12.2. The van der Waals surface area contributed by atoms with Gasteiger partial charge in [-0.3, -0.25) is 9.69 Å². The van der Waals surface area contributed by atoms with E-state index in [9.17, 15) is 9.90 Å². The molecular weight excluding hydrogens is 292 g/mol. The van der Waals surface area contributed by atoms with Crippen LogP contribution in [0, 0.1) is 5.41 Å². The highest BCUT2D eigenvalue weighted by molar-refractivity contribution is 6.29. The Hall–Kier alpha value is -1.04. The van der Waals surface area contributed by atoms with E-state index < -0.39 is 0 Å². The Kier molecular flexibility index (Phi) is 4.96. The zero-order chi connectivity index (χ0) is 15.6. The third-order valence-corrected chi connectivity index (χ3v) is 4.08. The first-order valence-electron chi connectivity index (χ1n) is 7.22. The van der Waals surface area contributed by atoms with Crippen LogP contribution in [0.25, 0.3) is 0 Å². The number of carbonyl (C=O) groups is 1. The second-order valence-corrected chi connectivity index (χ2v) is 6.95. The lowest BCUT2D eigenvalue weighted by Crippen LogP contribution is -2.51. The van der Waals surface area contributed by atoms with Gasteiger partial charge in [0.1, 0.15) is 0 Å². The fraction of sp³-hybridized carbons (Fsp3) is 0.667. The molecule has 2 heterocycles. The van der Waals surface area contributed by atoms with Crippen LogP contribution >= 0.6 is 11.6 Å². The molecule has 1 aromatic rings. The minimum atomic E-state index is -0.372. The van der Waals surface area contributed by atoms with Crippen LogP contribution < -0.4 is 0 Å². The van der Waals surface area contributed by atoms with Crippen LogP contribution in [0.1, 0.15) is 31.3 Å². The number of furan rings is 1. The SMILES string of the molecule is CC(C)(C)C(O)CN1CCN(C(=O)c2ccc(Cl)o2)CC1. The molecule has 1 saturated heterocycles. The standard InChI is InChI=1S/C15H23ClN2O3/c1-15(2,3)12(19)10-17-6-8-18(9-7-17)14(20)11-4-5-13(16)21-11/h4-5,12,19H,6-10H2,1-3H3. The Labute approximate surface area is 130 Å². The lowest BCUT2D eigenvalue weighted by atomic mass is 9.89. The summed E-state index contributed by atoms with van der Waals surface area (Å²) in [6.45, 7) is 9.50. The summed E-state index contributed by atoms with van der Waals surface area (Å²) in [6, 6.07) is 3.17. The first-order chi connectivity index (χ1) is 9.77. The van der Waals surface area contributed by atoms with Gasteiger partial charge < -0.3 is 14.4 Å². The summed E-state index contributed by atoms with van der Waals surface area (Å²) in [5.41, 5.74) is -0.127. The molecule has 1 aliphatic rings. The maximum Gasteiger partial charge on any atom is 0.289 e. The molecule has 2 rings (SSSR count). The number of piperazine rings is 1. The van der Waals surface area contributed by atoms with Gasteiger partial charge in [0.2, 0.25) is 0 Å². The highest BCUT2D eigenvalue weighted by Gasteiger charge is 2.28. The molecule has 1 N–H and O–H groups in total. The first-order valence-corrected chi connectivity index (χ1v) is 7.60. The van der Waals surface area contributed by atoms with Crippen molar-refractivity contribution in [1.29, 1.82) is 0 Å². The molecule has 1 unspecified atom stereocenters. The minimum absolute atomic E-state index is 0.127.